The van der Waals surface area contributed by atoms with E-state index in [2.05, 4.69) is 0 Å². The largest absolute Gasteiger partial charge is 0.421 e. The van der Waals surface area contributed by atoms with Crippen LogP contribution in [-0.2, 0) is 12.1 Å². The minimum atomic E-state index is -4.97. The van der Waals surface area contributed by atoms with Crippen LogP contribution in [0.25, 0.3) is 0 Å². The van der Waals surface area contributed by atoms with Crippen molar-refractivity contribution in [3.8, 4) is 0 Å². The number of hydrogen-bond donors (Lipinski definition) is 1. The first-order chi connectivity index (χ1) is 7.29. The van der Waals surface area contributed by atoms with E-state index in [1.54, 1.807) is 0 Å². The van der Waals surface area contributed by atoms with Gasteiger partial charge in [-0.2, -0.15) is 13.2 Å². The molecular formula is C8H5ClF5NO. The van der Waals surface area contributed by atoms with Crippen LogP contribution in [-0.4, -0.2) is 4.98 Å². The molecule has 0 saturated heterocycles. The molecule has 16 heavy (non-hydrogen) atoms. The zero-order valence-corrected chi connectivity index (χ0v) is 8.29. The molecule has 0 bridgehead atoms. The highest BCUT2D eigenvalue weighted by atomic mass is 35.5. The average molecular weight is 262 g/mol. The van der Waals surface area contributed by atoms with Gasteiger partial charge in [-0.15, -0.1) is 11.6 Å². The molecule has 0 fully saturated rings. The van der Waals surface area contributed by atoms with Gasteiger partial charge in [-0.1, -0.05) is 0 Å². The Labute approximate surface area is 91.0 Å². The number of pyridine rings is 1. The minimum Gasteiger partial charge on any atom is -0.363 e. The van der Waals surface area contributed by atoms with E-state index in [1.807, 2.05) is 4.98 Å². The summed E-state index contributed by atoms with van der Waals surface area (Å²) >= 11 is 5.23. The van der Waals surface area contributed by atoms with Gasteiger partial charge in [0.1, 0.15) is 5.56 Å². The number of alkyl halides is 6. The van der Waals surface area contributed by atoms with Crippen LogP contribution in [0.3, 0.4) is 0 Å². The van der Waals surface area contributed by atoms with E-state index in [9.17, 15) is 26.7 Å². The normalized spacial score (nSPS) is 12.2. The van der Waals surface area contributed by atoms with E-state index in [0.717, 1.165) is 0 Å². The zero-order chi connectivity index (χ0) is 12.5. The standard InChI is InChI=1S/C8H5ClF5NO/c9-1-4-5(7(10)11)6(16)3(2-15-4)8(12,13)14/h2,7H,1H2,(H,15,16). The molecule has 0 radical (unpaired) electrons. The van der Waals surface area contributed by atoms with Gasteiger partial charge in [-0.05, 0) is 0 Å². The molecule has 1 aromatic rings. The summed E-state index contributed by atoms with van der Waals surface area (Å²) in [5, 5.41) is 0. The van der Waals surface area contributed by atoms with Crippen molar-refractivity contribution in [2.75, 3.05) is 0 Å². The highest BCUT2D eigenvalue weighted by Crippen LogP contribution is 2.28. The fraction of sp³-hybridized carbons (Fsp3) is 0.375. The molecule has 0 aliphatic heterocycles. The maximum atomic E-state index is 12.4. The van der Waals surface area contributed by atoms with E-state index in [1.165, 1.54) is 0 Å². The van der Waals surface area contributed by atoms with Gasteiger partial charge < -0.3 is 4.98 Å². The number of hydrogen-bond acceptors (Lipinski definition) is 1. The van der Waals surface area contributed by atoms with Crippen LogP contribution in [0, 0.1) is 0 Å². The molecule has 8 heteroatoms. The summed E-state index contributed by atoms with van der Waals surface area (Å²) in [5.74, 6) is -0.493. The molecule has 0 aromatic carbocycles. The Kier molecular flexibility index (Phi) is 3.57. The first-order valence-corrected chi connectivity index (χ1v) is 4.48. The monoisotopic (exact) mass is 261 g/mol. The molecule has 0 saturated carbocycles. The molecule has 0 amide bonds. The van der Waals surface area contributed by atoms with Crippen LogP contribution in [0.2, 0.25) is 0 Å². The molecule has 1 heterocycles. The molecule has 90 valence electrons. The summed E-state index contributed by atoms with van der Waals surface area (Å²) < 4.78 is 61.5. The van der Waals surface area contributed by atoms with Gasteiger partial charge in [-0.25, -0.2) is 8.78 Å². The SMILES string of the molecule is O=c1c(C(F)(F)F)c[nH]c(CCl)c1C(F)F. The van der Waals surface area contributed by atoms with Gasteiger partial charge in [0.25, 0.3) is 6.43 Å². The first-order valence-electron chi connectivity index (χ1n) is 3.94. The van der Waals surface area contributed by atoms with Gasteiger partial charge in [0, 0.05) is 11.9 Å². The van der Waals surface area contributed by atoms with Crippen molar-refractivity contribution in [3.63, 3.8) is 0 Å². The van der Waals surface area contributed by atoms with Crippen LogP contribution in [0.5, 0.6) is 0 Å². The quantitative estimate of drug-likeness (QED) is 0.644. The lowest BCUT2D eigenvalue weighted by Crippen LogP contribution is -2.24. The molecule has 1 N–H and O–H groups in total. The van der Waals surface area contributed by atoms with Crippen LogP contribution >= 0.6 is 11.6 Å². The second-order valence-electron chi connectivity index (χ2n) is 2.86. The lowest BCUT2D eigenvalue weighted by atomic mass is 10.1. The van der Waals surface area contributed by atoms with Crippen LogP contribution in [0.1, 0.15) is 23.2 Å². The van der Waals surface area contributed by atoms with Crippen LogP contribution in [0.15, 0.2) is 11.0 Å². The Balaban J connectivity index is 3.51. The predicted octanol–water partition coefficient (Wildman–Crippen LogP) is 3.07. The number of aromatic amines is 1. The topological polar surface area (TPSA) is 32.9 Å². The molecule has 2 nitrogen and oxygen atoms in total. The predicted molar refractivity (Wildman–Crippen MR) is 46.6 cm³/mol. The molecule has 0 spiro atoms. The van der Waals surface area contributed by atoms with E-state index < -0.39 is 40.7 Å². The number of halogens is 6. The second-order valence-corrected chi connectivity index (χ2v) is 3.12. The van der Waals surface area contributed by atoms with E-state index in [-0.39, 0.29) is 0 Å². The van der Waals surface area contributed by atoms with Gasteiger partial charge >= 0.3 is 6.18 Å². The highest BCUT2D eigenvalue weighted by Gasteiger charge is 2.36. The van der Waals surface area contributed by atoms with Gasteiger partial charge in [-0.3, -0.25) is 4.79 Å². The fourth-order valence-corrected chi connectivity index (χ4v) is 1.36. The highest BCUT2D eigenvalue weighted by molar-refractivity contribution is 6.17. The number of aromatic nitrogens is 1. The molecule has 0 aliphatic rings. The van der Waals surface area contributed by atoms with E-state index in [0.29, 0.717) is 6.20 Å². The number of rotatable bonds is 2. The minimum absolute atomic E-state index is 0.339. The summed E-state index contributed by atoms with van der Waals surface area (Å²) in [7, 11) is 0. The maximum absolute atomic E-state index is 12.4. The summed E-state index contributed by atoms with van der Waals surface area (Å²) in [5.41, 5.74) is -5.03. The zero-order valence-electron chi connectivity index (χ0n) is 7.54. The molecular weight excluding hydrogens is 257 g/mol. The summed E-state index contributed by atoms with van der Waals surface area (Å²) in [6, 6.07) is 0. The Morgan fingerprint density at radius 1 is 1.38 bits per heavy atom. The smallest absolute Gasteiger partial charge is 0.363 e. The van der Waals surface area contributed by atoms with Crippen LogP contribution < -0.4 is 5.43 Å². The van der Waals surface area contributed by atoms with Crippen molar-refractivity contribution in [3.05, 3.63) is 33.2 Å². The Hall–Kier alpha value is -1.11. The summed E-state index contributed by atoms with van der Waals surface area (Å²) in [4.78, 5) is 13.1. The number of H-pyrrole nitrogens is 1. The summed E-state index contributed by atoms with van der Waals surface area (Å²) in [6.07, 6.45) is -7.94. The average Bonchev–Trinajstić information content (AvgIpc) is 2.14. The van der Waals surface area contributed by atoms with Gasteiger partial charge in [0.05, 0.1) is 11.4 Å². The van der Waals surface area contributed by atoms with Crippen molar-refractivity contribution in [1.82, 2.24) is 4.98 Å². The van der Waals surface area contributed by atoms with Crippen molar-refractivity contribution in [2.24, 2.45) is 0 Å². The van der Waals surface area contributed by atoms with Gasteiger partial charge in [0.15, 0.2) is 0 Å². The van der Waals surface area contributed by atoms with E-state index >= 15 is 0 Å². The third-order valence-electron chi connectivity index (χ3n) is 1.86. The number of nitrogens with one attached hydrogen (secondary N) is 1. The second kappa shape index (κ2) is 4.40. The first kappa shape index (κ1) is 13.0. The van der Waals surface area contributed by atoms with Crippen LogP contribution in [0.4, 0.5) is 22.0 Å². The maximum Gasteiger partial charge on any atom is 0.421 e. The lowest BCUT2D eigenvalue weighted by Gasteiger charge is -2.10. The Morgan fingerprint density at radius 3 is 2.31 bits per heavy atom. The van der Waals surface area contributed by atoms with Crippen molar-refractivity contribution in [1.29, 1.82) is 0 Å². The molecule has 0 aliphatic carbocycles. The molecule has 1 rings (SSSR count). The Bertz CT molecular complexity index is 439. The van der Waals surface area contributed by atoms with Crippen molar-refractivity contribution < 1.29 is 22.0 Å². The third kappa shape index (κ3) is 2.34. The van der Waals surface area contributed by atoms with E-state index in [4.69, 9.17) is 11.6 Å². The lowest BCUT2D eigenvalue weighted by molar-refractivity contribution is -0.138. The molecule has 0 atom stereocenters. The molecule has 1 aromatic heterocycles. The van der Waals surface area contributed by atoms with Crippen molar-refractivity contribution >= 4 is 11.6 Å². The molecule has 0 unspecified atom stereocenters. The van der Waals surface area contributed by atoms with Gasteiger partial charge in [0.2, 0.25) is 5.43 Å². The fourth-order valence-electron chi connectivity index (χ4n) is 1.14. The summed E-state index contributed by atoms with van der Waals surface area (Å²) in [6.45, 7) is 0. The third-order valence-corrected chi connectivity index (χ3v) is 2.13. The van der Waals surface area contributed by atoms with Crippen molar-refractivity contribution in [2.45, 2.75) is 18.5 Å². The Morgan fingerprint density at radius 2 is 1.94 bits per heavy atom.